The molecule has 6 nitrogen and oxygen atoms in total. The van der Waals surface area contributed by atoms with Crippen LogP contribution < -0.4 is 0 Å². The minimum Gasteiger partial charge on any atom is -0.281 e. The lowest BCUT2D eigenvalue weighted by Crippen LogP contribution is -2.36. The molecule has 1 N–H and O–H groups in total. The number of nitrogens with one attached hydrogen (secondary N) is 1. The molecule has 7 heteroatoms. The molecule has 0 aromatic carbocycles. The topological polar surface area (TPSA) is 69.3 Å². The van der Waals surface area contributed by atoms with Crippen molar-refractivity contribution < 1.29 is 8.42 Å². The van der Waals surface area contributed by atoms with Crippen LogP contribution in [0.25, 0.3) is 0 Å². The van der Waals surface area contributed by atoms with Gasteiger partial charge in [-0.15, -0.1) is 0 Å². The Hall–Kier alpha value is -0.920. The molecule has 0 spiro atoms. The Morgan fingerprint density at radius 3 is 2.79 bits per heavy atom. The number of aromatic amines is 1. The van der Waals surface area contributed by atoms with Crippen molar-refractivity contribution in [1.29, 1.82) is 0 Å². The summed E-state index contributed by atoms with van der Waals surface area (Å²) in [5.74, 6) is 0. The summed E-state index contributed by atoms with van der Waals surface area (Å²) in [6.07, 6.45) is 1.67. The van der Waals surface area contributed by atoms with E-state index in [2.05, 4.69) is 10.2 Å². The second-order valence-electron chi connectivity index (χ2n) is 3.43. The van der Waals surface area contributed by atoms with Gasteiger partial charge in [-0.1, -0.05) is 0 Å². The Balaban J connectivity index is 2.24. The van der Waals surface area contributed by atoms with Crippen LogP contribution in [0.4, 0.5) is 0 Å². The second kappa shape index (κ2) is 3.04. The molecule has 0 saturated carbocycles. The summed E-state index contributed by atoms with van der Waals surface area (Å²) < 4.78 is 26.1. The van der Waals surface area contributed by atoms with Gasteiger partial charge < -0.3 is 0 Å². The number of aromatic nitrogens is 2. The zero-order chi connectivity index (χ0) is 10.3. The zero-order valence-electron chi connectivity index (χ0n) is 8.06. The molecule has 1 aliphatic rings. The van der Waals surface area contributed by atoms with E-state index in [1.165, 1.54) is 22.7 Å². The molecule has 1 aliphatic heterocycles. The highest BCUT2D eigenvalue weighted by Crippen LogP contribution is 2.23. The van der Waals surface area contributed by atoms with E-state index < -0.39 is 10.2 Å². The average Bonchev–Trinajstić information content (AvgIpc) is 2.60. The van der Waals surface area contributed by atoms with E-state index >= 15 is 0 Å². The number of nitrogens with zero attached hydrogens (tertiary/aromatic N) is 3. The molecule has 0 radical (unpaired) electrons. The molecule has 0 fully saturated rings. The largest absolute Gasteiger partial charge is 0.282 e. The Morgan fingerprint density at radius 1 is 1.50 bits per heavy atom. The van der Waals surface area contributed by atoms with Gasteiger partial charge in [0.1, 0.15) is 0 Å². The highest BCUT2D eigenvalue weighted by molar-refractivity contribution is 7.86. The van der Waals surface area contributed by atoms with Crippen LogP contribution in [0.3, 0.4) is 0 Å². The Bertz CT molecular complexity index is 416. The van der Waals surface area contributed by atoms with Gasteiger partial charge in [0.25, 0.3) is 10.2 Å². The SMILES string of the molecule is CN(C)S(=O)(=O)N1Cc2cn[nH]c2C1. The van der Waals surface area contributed by atoms with Gasteiger partial charge >= 0.3 is 0 Å². The van der Waals surface area contributed by atoms with Gasteiger partial charge in [0.2, 0.25) is 0 Å². The minimum atomic E-state index is -3.30. The molecule has 14 heavy (non-hydrogen) atoms. The normalized spacial score (nSPS) is 17.6. The maximum atomic E-state index is 11.7. The third kappa shape index (κ3) is 1.33. The molecular formula is C7H12N4O2S. The number of fused-ring (bicyclic) bond motifs is 1. The Kier molecular flexibility index (Phi) is 2.09. The fraction of sp³-hybridized carbons (Fsp3) is 0.571. The van der Waals surface area contributed by atoms with E-state index in [9.17, 15) is 8.42 Å². The minimum absolute atomic E-state index is 0.385. The summed E-state index contributed by atoms with van der Waals surface area (Å²) >= 11 is 0. The van der Waals surface area contributed by atoms with Crippen LogP contribution in [0.1, 0.15) is 11.3 Å². The van der Waals surface area contributed by atoms with Crippen LogP contribution in [0, 0.1) is 0 Å². The van der Waals surface area contributed by atoms with Crippen molar-refractivity contribution in [3.05, 3.63) is 17.5 Å². The summed E-state index contributed by atoms with van der Waals surface area (Å²) in [5, 5.41) is 6.63. The summed E-state index contributed by atoms with van der Waals surface area (Å²) in [5.41, 5.74) is 1.84. The molecular weight excluding hydrogens is 204 g/mol. The van der Waals surface area contributed by atoms with Crippen LogP contribution >= 0.6 is 0 Å². The van der Waals surface area contributed by atoms with Crippen LogP contribution in [0.5, 0.6) is 0 Å². The van der Waals surface area contributed by atoms with Crippen LogP contribution in [-0.4, -0.2) is 41.3 Å². The first-order chi connectivity index (χ1) is 6.51. The lowest BCUT2D eigenvalue weighted by molar-refractivity contribution is 0.384. The molecule has 0 saturated heterocycles. The van der Waals surface area contributed by atoms with Gasteiger partial charge in [-0.2, -0.15) is 22.1 Å². The predicted molar refractivity (Wildman–Crippen MR) is 50.4 cm³/mol. The molecule has 0 amide bonds. The van der Waals surface area contributed by atoms with E-state index in [1.807, 2.05) is 0 Å². The number of H-pyrrole nitrogens is 1. The molecule has 2 rings (SSSR count). The lowest BCUT2D eigenvalue weighted by atomic mass is 10.3. The smallest absolute Gasteiger partial charge is 0.281 e. The predicted octanol–water partition coefficient (Wildman–Crippen LogP) is -0.468. The maximum Gasteiger partial charge on any atom is 0.282 e. The van der Waals surface area contributed by atoms with E-state index in [-0.39, 0.29) is 0 Å². The van der Waals surface area contributed by atoms with Crippen molar-refractivity contribution >= 4 is 10.2 Å². The van der Waals surface area contributed by atoms with Gasteiger partial charge in [-0.25, -0.2) is 0 Å². The average molecular weight is 216 g/mol. The molecule has 1 aromatic heterocycles. The Labute approximate surface area is 82.7 Å². The summed E-state index contributed by atoms with van der Waals surface area (Å²) in [7, 11) is -0.239. The van der Waals surface area contributed by atoms with Gasteiger partial charge in [0.15, 0.2) is 0 Å². The first kappa shape index (κ1) is 9.63. The number of hydrogen-bond donors (Lipinski definition) is 1. The molecule has 78 valence electrons. The van der Waals surface area contributed by atoms with Crippen molar-refractivity contribution in [2.24, 2.45) is 0 Å². The van der Waals surface area contributed by atoms with Crippen molar-refractivity contribution in [1.82, 2.24) is 18.8 Å². The number of hydrogen-bond acceptors (Lipinski definition) is 3. The first-order valence-electron chi connectivity index (χ1n) is 4.20. The summed E-state index contributed by atoms with van der Waals surface area (Å²) in [4.78, 5) is 0. The first-order valence-corrected chi connectivity index (χ1v) is 5.60. The van der Waals surface area contributed by atoms with Crippen molar-refractivity contribution in [2.45, 2.75) is 13.1 Å². The van der Waals surface area contributed by atoms with Gasteiger partial charge in [0, 0.05) is 26.2 Å². The molecule has 0 bridgehead atoms. The zero-order valence-corrected chi connectivity index (χ0v) is 8.87. The molecule has 0 unspecified atom stereocenters. The maximum absolute atomic E-state index is 11.7. The standard InChI is InChI=1S/C7H12N4O2S/c1-10(2)14(12,13)11-4-6-3-8-9-7(6)5-11/h3H,4-5H2,1-2H3,(H,8,9). The van der Waals surface area contributed by atoms with Crippen LogP contribution in [0.15, 0.2) is 6.20 Å². The highest BCUT2D eigenvalue weighted by atomic mass is 32.2. The van der Waals surface area contributed by atoms with Crippen LogP contribution in [0.2, 0.25) is 0 Å². The lowest BCUT2D eigenvalue weighted by Gasteiger charge is -2.19. The van der Waals surface area contributed by atoms with E-state index in [4.69, 9.17) is 0 Å². The molecule has 0 aliphatic carbocycles. The highest BCUT2D eigenvalue weighted by Gasteiger charge is 2.31. The third-order valence-electron chi connectivity index (χ3n) is 2.28. The van der Waals surface area contributed by atoms with Crippen molar-refractivity contribution in [2.75, 3.05) is 14.1 Å². The van der Waals surface area contributed by atoms with Crippen molar-refractivity contribution in [3.63, 3.8) is 0 Å². The fourth-order valence-corrected chi connectivity index (χ4v) is 2.48. The Morgan fingerprint density at radius 2 is 2.21 bits per heavy atom. The third-order valence-corrected chi connectivity index (χ3v) is 4.11. The van der Waals surface area contributed by atoms with E-state index in [0.717, 1.165) is 11.3 Å². The van der Waals surface area contributed by atoms with E-state index in [1.54, 1.807) is 6.20 Å². The van der Waals surface area contributed by atoms with Gasteiger partial charge in [0.05, 0.1) is 18.4 Å². The van der Waals surface area contributed by atoms with Crippen molar-refractivity contribution in [3.8, 4) is 0 Å². The molecule has 2 heterocycles. The van der Waals surface area contributed by atoms with E-state index in [0.29, 0.717) is 13.1 Å². The van der Waals surface area contributed by atoms with Crippen LogP contribution in [-0.2, 0) is 23.3 Å². The summed E-state index contributed by atoms with van der Waals surface area (Å²) in [6, 6.07) is 0. The quantitative estimate of drug-likeness (QED) is 0.726. The monoisotopic (exact) mass is 216 g/mol. The summed E-state index contributed by atoms with van der Waals surface area (Å²) in [6.45, 7) is 0.794. The van der Waals surface area contributed by atoms with Gasteiger partial charge in [-0.3, -0.25) is 5.10 Å². The molecule has 0 atom stereocenters. The second-order valence-corrected chi connectivity index (χ2v) is 5.57. The number of rotatable bonds is 2. The molecule has 1 aromatic rings. The van der Waals surface area contributed by atoms with Gasteiger partial charge in [-0.05, 0) is 0 Å². The fourth-order valence-electron chi connectivity index (χ4n) is 1.43.